The lowest BCUT2D eigenvalue weighted by atomic mass is 9.94. The maximum Gasteiger partial charge on any atom is 0.216 e. The molecule has 1 aliphatic heterocycles. The van der Waals surface area contributed by atoms with E-state index < -0.39 is 0 Å². The van der Waals surface area contributed by atoms with Crippen LogP contribution in [-0.4, -0.2) is 73.1 Å². The van der Waals surface area contributed by atoms with Gasteiger partial charge in [0.05, 0.1) is 6.20 Å². The second-order valence-electron chi connectivity index (χ2n) is 9.09. The summed E-state index contributed by atoms with van der Waals surface area (Å²) in [5.41, 5.74) is -0.0370. The van der Waals surface area contributed by atoms with Crippen molar-refractivity contribution in [3.05, 3.63) is 17.8 Å². The number of guanidine groups is 1. The van der Waals surface area contributed by atoms with Crippen LogP contribution in [0.25, 0.3) is 0 Å². The Labute approximate surface area is 171 Å². The molecule has 1 aromatic rings. The lowest BCUT2D eigenvalue weighted by molar-refractivity contribution is 0.0900. The summed E-state index contributed by atoms with van der Waals surface area (Å²) in [5.74, 6) is 2.95. The van der Waals surface area contributed by atoms with Crippen LogP contribution < -0.4 is 10.6 Å². The SMILES string of the molecule is CCNC(=NCc1ncc(C(C)(C)C)o1)NCC(C(C)C)N1CCN(C)CC1. The van der Waals surface area contributed by atoms with Gasteiger partial charge >= 0.3 is 0 Å². The predicted molar refractivity (Wildman–Crippen MR) is 116 cm³/mol. The van der Waals surface area contributed by atoms with E-state index in [2.05, 4.69) is 79.0 Å². The first-order chi connectivity index (χ1) is 13.2. The van der Waals surface area contributed by atoms with E-state index in [-0.39, 0.29) is 5.41 Å². The van der Waals surface area contributed by atoms with Crippen molar-refractivity contribution in [3.8, 4) is 0 Å². The van der Waals surface area contributed by atoms with Gasteiger partial charge in [0.15, 0.2) is 5.96 Å². The molecule has 0 bridgehead atoms. The molecule has 2 heterocycles. The second-order valence-corrected chi connectivity index (χ2v) is 9.09. The Balaban J connectivity index is 1.96. The maximum absolute atomic E-state index is 5.86. The van der Waals surface area contributed by atoms with Crippen LogP contribution in [0, 0.1) is 5.92 Å². The van der Waals surface area contributed by atoms with Crippen molar-refractivity contribution in [1.82, 2.24) is 25.4 Å². The van der Waals surface area contributed by atoms with Gasteiger partial charge in [0.25, 0.3) is 0 Å². The number of rotatable bonds is 7. The monoisotopic (exact) mass is 392 g/mol. The Kier molecular flexibility index (Phi) is 8.31. The summed E-state index contributed by atoms with van der Waals surface area (Å²) in [4.78, 5) is 14.1. The fraction of sp³-hybridized carbons (Fsp3) is 0.810. The number of nitrogens with one attached hydrogen (secondary N) is 2. The van der Waals surface area contributed by atoms with E-state index in [1.807, 2.05) is 6.20 Å². The molecule has 1 aromatic heterocycles. The summed E-state index contributed by atoms with van der Waals surface area (Å²) < 4.78 is 5.86. The quantitative estimate of drug-likeness (QED) is 0.548. The molecule has 0 radical (unpaired) electrons. The molecule has 1 unspecified atom stereocenters. The third kappa shape index (κ3) is 6.78. The Hall–Kier alpha value is -1.60. The first-order valence-electron chi connectivity index (χ1n) is 10.6. The molecule has 0 aliphatic carbocycles. The summed E-state index contributed by atoms with van der Waals surface area (Å²) in [7, 11) is 2.20. The fourth-order valence-electron chi connectivity index (χ4n) is 3.36. The molecule has 0 saturated carbocycles. The average Bonchev–Trinajstić information content (AvgIpc) is 3.10. The molecule has 2 N–H and O–H groups in total. The number of oxazole rings is 1. The number of likely N-dealkylation sites (N-methyl/N-ethyl adjacent to an activating group) is 1. The minimum Gasteiger partial charge on any atom is -0.443 e. The van der Waals surface area contributed by atoms with E-state index in [9.17, 15) is 0 Å². The van der Waals surface area contributed by atoms with Crippen LogP contribution in [0.4, 0.5) is 0 Å². The summed E-state index contributed by atoms with van der Waals surface area (Å²) in [6, 6.07) is 0.492. The van der Waals surface area contributed by atoms with Gasteiger partial charge in [-0.3, -0.25) is 4.90 Å². The minimum atomic E-state index is -0.0370. The molecule has 0 amide bonds. The minimum absolute atomic E-state index is 0.0370. The smallest absolute Gasteiger partial charge is 0.216 e. The standard InChI is InChI=1S/C21H40N6O/c1-8-22-20(25-15-19-23-14-18(28-19)21(4,5)6)24-13-17(16(2)3)27-11-9-26(7)10-12-27/h14,16-17H,8-13,15H2,1-7H3,(H2,22,24,25). The predicted octanol–water partition coefficient (Wildman–Crippen LogP) is 2.30. The number of aliphatic imine (C=N–C) groups is 1. The van der Waals surface area contributed by atoms with Crippen molar-refractivity contribution in [2.75, 3.05) is 46.3 Å². The maximum atomic E-state index is 5.86. The topological polar surface area (TPSA) is 68.9 Å². The zero-order valence-electron chi connectivity index (χ0n) is 18.9. The van der Waals surface area contributed by atoms with Crippen LogP contribution in [0.3, 0.4) is 0 Å². The van der Waals surface area contributed by atoms with Gasteiger partial charge in [0, 0.05) is 50.7 Å². The Morgan fingerprint density at radius 3 is 2.43 bits per heavy atom. The molecule has 1 aliphatic rings. The number of piperazine rings is 1. The highest BCUT2D eigenvalue weighted by molar-refractivity contribution is 5.79. The summed E-state index contributed by atoms with van der Waals surface area (Å²) >= 11 is 0. The molecule has 1 atom stereocenters. The van der Waals surface area contributed by atoms with E-state index in [0.29, 0.717) is 24.4 Å². The molecule has 1 saturated heterocycles. The van der Waals surface area contributed by atoms with E-state index in [1.54, 1.807) is 0 Å². The zero-order valence-corrected chi connectivity index (χ0v) is 18.9. The molecule has 7 nitrogen and oxygen atoms in total. The largest absolute Gasteiger partial charge is 0.443 e. The Morgan fingerprint density at radius 2 is 1.89 bits per heavy atom. The van der Waals surface area contributed by atoms with Crippen LogP contribution in [0.2, 0.25) is 0 Å². The second kappa shape index (κ2) is 10.3. The molecule has 28 heavy (non-hydrogen) atoms. The number of hydrogen-bond donors (Lipinski definition) is 2. The first kappa shape index (κ1) is 22.7. The van der Waals surface area contributed by atoms with Crippen molar-refractivity contribution in [2.24, 2.45) is 10.9 Å². The molecule has 2 rings (SSSR count). The third-order valence-corrected chi connectivity index (χ3v) is 5.26. The first-order valence-corrected chi connectivity index (χ1v) is 10.6. The van der Waals surface area contributed by atoms with Crippen LogP contribution in [0.15, 0.2) is 15.6 Å². The van der Waals surface area contributed by atoms with Crippen LogP contribution >= 0.6 is 0 Å². The number of hydrogen-bond acceptors (Lipinski definition) is 5. The van der Waals surface area contributed by atoms with E-state index in [0.717, 1.165) is 51.0 Å². The molecular weight excluding hydrogens is 352 g/mol. The van der Waals surface area contributed by atoms with Crippen molar-refractivity contribution in [3.63, 3.8) is 0 Å². The van der Waals surface area contributed by atoms with Gasteiger partial charge in [-0.05, 0) is 19.9 Å². The van der Waals surface area contributed by atoms with Crippen molar-refractivity contribution >= 4 is 5.96 Å². The highest BCUT2D eigenvalue weighted by atomic mass is 16.4. The number of aromatic nitrogens is 1. The van der Waals surface area contributed by atoms with Crippen molar-refractivity contribution < 1.29 is 4.42 Å². The van der Waals surface area contributed by atoms with Crippen molar-refractivity contribution in [2.45, 2.75) is 59.5 Å². The fourth-order valence-corrected chi connectivity index (χ4v) is 3.36. The summed E-state index contributed by atoms with van der Waals surface area (Å²) in [6.45, 7) is 19.7. The van der Waals surface area contributed by atoms with Crippen LogP contribution in [-0.2, 0) is 12.0 Å². The molecular formula is C21H40N6O. The molecule has 7 heteroatoms. The summed E-state index contributed by atoms with van der Waals surface area (Å²) in [5, 5.41) is 6.87. The highest BCUT2D eigenvalue weighted by Crippen LogP contribution is 2.22. The van der Waals surface area contributed by atoms with Crippen LogP contribution in [0.5, 0.6) is 0 Å². The van der Waals surface area contributed by atoms with Gasteiger partial charge in [0.2, 0.25) is 5.89 Å². The van der Waals surface area contributed by atoms with Gasteiger partial charge in [0.1, 0.15) is 12.3 Å². The summed E-state index contributed by atoms with van der Waals surface area (Å²) in [6.07, 6.45) is 1.81. The average molecular weight is 393 g/mol. The highest BCUT2D eigenvalue weighted by Gasteiger charge is 2.25. The Morgan fingerprint density at radius 1 is 1.21 bits per heavy atom. The lowest BCUT2D eigenvalue weighted by Crippen LogP contribution is -2.55. The molecule has 160 valence electrons. The molecule has 1 fully saturated rings. The Bertz CT molecular complexity index is 611. The molecule has 0 aromatic carbocycles. The van der Waals surface area contributed by atoms with Gasteiger partial charge in [-0.15, -0.1) is 0 Å². The van der Waals surface area contributed by atoms with Gasteiger partial charge in [-0.2, -0.15) is 0 Å². The zero-order chi connectivity index (χ0) is 20.7. The number of nitrogens with zero attached hydrogens (tertiary/aromatic N) is 4. The third-order valence-electron chi connectivity index (χ3n) is 5.26. The normalized spacial score (nSPS) is 18.5. The van der Waals surface area contributed by atoms with Crippen molar-refractivity contribution in [1.29, 1.82) is 0 Å². The molecule has 0 spiro atoms. The van der Waals surface area contributed by atoms with Crippen LogP contribution in [0.1, 0.15) is 53.2 Å². The lowest BCUT2D eigenvalue weighted by Gasteiger charge is -2.40. The van der Waals surface area contributed by atoms with E-state index >= 15 is 0 Å². The van der Waals surface area contributed by atoms with E-state index in [1.165, 1.54) is 0 Å². The van der Waals surface area contributed by atoms with Gasteiger partial charge in [-0.1, -0.05) is 34.6 Å². The van der Waals surface area contributed by atoms with Gasteiger partial charge in [-0.25, -0.2) is 9.98 Å². The van der Waals surface area contributed by atoms with Gasteiger partial charge < -0.3 is 20.0 Å². The van der Waals surface area contributed by atoms with E-state index in [4.69, 9.17) is 4.42 Å².